The van der Waals surface area contributed by atoms with Crippen LogP contribution in [0.1, 0.15) is 39.2 Å². The van der Waals surface area contributed by atoms with E-state index in [1.165, 1.54) is 42.1 Å². The number of benzene rings is 1. The molecule has 0 unspecified atom stereocenters. The summed E-state index contributed by atoms with van der Waals surface area (Å²) in [6.45, 7) is 9.19. The van der Waals surface area contributed by atoms with E-state index in [-0.39, 0.29) is 5.41 Å². The fourth-order valence-corrected chi connectivity index (χ4v) is 4.10. The molecule has 1 aliphatic rings. The van der Waals surface area contributed by atoms with Gasteiger partial charge in [-0.05, 0) is 48.5 Å². The number of nitrogens with two attached hydrogens (primary N) is 1. The van der Waals surface area contributed by atoms with Gasteiger partial charge in [0.15, 0.2) is 0 Å². The molecule has 0 saturated carbocycles. The second kappa shape index (κ2) is 5.02. The summed E-state index contributed by atoms with van der Waals surface area (Å²) in [5.74, 6) is 0. The zero-order valence-electron chi connectivity index (χ0n) is 13.0. The molecule has 1 aromatic rings. The third kappa shape index (κ3) is 3.26. The minimum absolute atomic E-state index is 0.155. The molecule has 2 N–H and O–H groups in total. The molecule has 3 heteroatoms. The molecule has 0 radical (unpaired) electrons. The van der Waals surface area contributed by atoms with Crippen LogP contribution in [-0.4, -0.2) is 25.6 Å². The number of nitrogens with zero attached hydrogens (tertiary/aromatic N) is 1. The number of rotatable bonds is 2. The average Bonchev–Trinajstić information content (AvgIpc) is 2.79. The fraction of sp³-hybridized carbons (Fsp3) is 0.625. The largest absolute Gasteiger partial charge is 0.372 e. The van der Waals surface area contributed by atoms with Gasteiger partial charge in [-0.3, -0.25) is 5.14 Å². The minimum Gasteiger partial charge on any atom is -0.372 e. The molecule has 0 atom stereocenters. The van der Waals surface area contributed by atoms with E-state index in [0.717, 1.165) is 0 Å². The highest BCUT2D eigenvalue weighted by Crippen LogP contribution is 2.48. The molecule has 19 heavy (non-hydrogen) atoms. The van der Waals surface area contributed by atoms with Crippen molar-refractivity contribution in [3.05, 3.63) is 23.8 Å². The lowest BCUT2D eigenvalue weighted by Crippen LogP contribution is -2.21. The van der Waals surface area contributed by atoms with Crippen LogP contribution in [-0.2, 0) is 5.41 Å². The van der Waals surface area contributed by atoms with Crippen LogP contribution >= 0.6 is 10.2 Å². The zero-order valence-corrected chi connectivity index (χ0v) is 13.8. The first-order valence-electron chi connectivity index (χ1n) is 7.10. The first-order valence-corrected chi connectivity index (χ1v) is 9.61. The van der Waals surface area contributed by atoms with Gasteiger partial charge in [0.1, 0.15) is 0 Å². The van der Waals surface area contributed by atoms with Crippen molar-refractivity contribution < 1.29 is 0 Å². The first-order chi connectivity index (χ1) is 8.69. The van der Waals surface area contributed by atoms with Crippen LogP contribution in [0.25, 0.3) is 0 Å². The SMILES string of the molecule is CC(C)(C)c1ccc(N2CCCC2)cc1S(C)(C)N. The Hall–Kier alpha value is -0.670. The van der Waals surface area contributed by atoms with Crippen LogP contribution in [0.15, 0.2) is 23.1 Å². The molecule has 0 amide bonds. The van der Waals surface area contributed by atoms with E-state index in [2.05, 4.69) is 56.4 Å². The van der Waals surface area contributed by atoms with Gasteiger partial charge in [-0.1, -0.05) is 26.8 Å². The minimum atomic E-state index is -1.20. The third-order valence-corrected chi connectivity index (χ3v) is 5.28. The quantitative estimate of drug-likeness (QED) is 0.890. The van der Waals surface area contributed by atoms with Gasteiger partial charge < -0.3 is 4.90 Å². The maximum Gasteiger partial charge on any atom is 0.0377 e. The summed E-state index contributed by atoms with van der Waals surface area (Å²) in [6.07, 6.45) is 7.00. The van der Waals surface area contributed by atoms with E-state index >= 15 is 0 Å². The van der Waals surface area contributed by atoms with Gasteiger partial charge in [0.05, 0.1) is 0 Å². The van der Waals surface area contributed by atoms with Crippen molar-refractivity contribution in [3.63, 3.8) is 0 Å². The van der Waals surface area contributed by atoms with Crippen molar-refractivity contribution in [2.45, 2.75) is 43.9 Å². The van der Waals surface area contributed by atoms with E-state index < -0.39 is 10.2 Å². The molecule has 2 rings (SSSR count). The molecule has 1 fully saturated rings. The Morgan fingerprint density at radius 3 is 2.16 bits per heavy atom. The summed E-state index contributed by atoms with van der Waals surface area (Å²) < 4.78 is 0. The van der Waals surface area contributed by atoms with E-state index in [1.54, 1.807) is 0 Å². The standard InChI is InChI=1S/C16H28N2S/c1-16(2,3)14-9-8-13(18-10-6-7-11-18)12-15(14)19(4,5)17/h8-9,12H,6-7,10-11,17H2,1-5H3. The Labute approximate surface area is 119 Å². The second-order valence-electron chi connectivity index (χ2n) is 7.03. The summed E-state index contributed by atoms with van der Waals surface area (Å²) in [7, 11) is -1.20. The highest BCUT2D eigenvalue weighted by molar-refractivity contribution is 8.30. The smallest absolute Gasteiger partial charge is 0.0377 e. The fourth-order valence-electron chi connectivity index (χ4n) is 2.74. The average molecular weight is 280 g/mol. The van der Waals surface area contributed by atoms with Gasteiger partial charge in [-0.25, -0.2) is 0 Å². The van der Waals surface area contributed by atoms with Crippen LogP contribution in [0.2, 0.25) is 0 Å². The van der Waals surface area contributed by atoms with E-state index in [1.807, 2.05) is 0 Å². The first kappa shape index (κ1) is 14.7. The Balaban J connectivity index is 2.47. The van der Waals surface area contributed by atoms with Gasteiger partial charge in [0, 0.05) is 23.7 Å². The van der Waals surface area contributed by atoms with Crippen molar-refractivity contribution in [1.29, 1.82) is 0 Å². The summed E-state index contributed by atoms with van der Waals surface area (Å²) in [4.78, 5) is 3.85. The van der Waals surface area contributed by atoms with Crippen LogP contribution in [0.3, 0.4) is 0 Å². The lowest BCUT2D eigenvalue weighted by atomic mass is 9.87. The van der Waals surface area contributed by atoms with Gasteiger partial charge in [-0.15, -0.1) is 0 Å². The molecular weight excluding hydrogens is 252 g/mol. The second-order valence-corrected chi connectivity index (χ2v) is 10.3. The maximum atomic E-state index is 6.49. The molecule has 1 aromatic carbocycles. The Morgan fingerprint density at radius 2 is 1.68 bits per heavy atom. The number of anilines is 1. The number of hydrogen-bond donors (Lipinski definition) is 1. The third-order valence-electron chi connectivity index (χ3n) is 3.81. The van der Waals surface area contributed by atoms with Crippen molar-refractivity contribution >= 4 is 15.9 Å². The maximum absolute atomic E-state index is 6.49. The summed E-state index contributed by atoms with van der Waals surface area (Å²) >= 11 is 0. The molecule has 1 heterocycles. The van der Waals surface area contributed by atoms with Crippen LogP contribution in [0.4, 0.5) is 5.69 Å². The molecule has 2 nitrogen and oxygen atoms in total. The Morgan fingerprint density at radius 1 is 1.11 bits per heavy atom. The molecule has 108 valence electrons. The Kier molecular flexibility index (Phi) is 3.90. The zero-order chi connectivity index (χ0) is 14.3. The summed E-state index contributed by atoms with van der Waals surface area (Å²) in [5.41, 5.74) is 2.91. The lowest BCUT2D eigenvalue weighted by Gasteiger charge is -2.34. The summed E-state index contributed by atoms with van der Waals surface area (Å²) in [6, 6.07) is 6.92. The van der Waals surface area contributed by atoms with Gasteiger partial charge in [0.2, 0.25) is 0 Å². The molecule has 0 spiro atoms. The predicted octanol–water partition coefficient (Wildman–Crippen LogP) is 3.88. The highest BCUT2D eigenvalue weighted by Gasteiger charge is 2.24. The lowest BCUT2D eigenvalue weighted by molar-refractivity contribution is 0.577. The molecule has 1 saturated heterocycles. The topological polar surface area (TPSA) is 29.3 Å². The van der Waals surface area contributed by atoms with E-state index in [9.17, 15) is 0 Å². The number of hydrogen-bond acceptors (Lipinski definition) is 2. The van der Waals surface area contributed by atoms with Crippen LogP contribution < -0.4 is 10.0 Å². The van der Waals surface area contributed by atoms with Crippen LogP contribution in [0, 0.1) is 0 Å². The molecule has 0 aliphatic carbocycles. The normalized spacial score (nSPS) is 17.9. The van der Waals surface area contributed by atoms with Gasteiger partial charge in [-0.2, -0.15) is 10.2 Å². The van der Waals surface area contributed by atoms with E-state index in [4.69, 9.17) is 5.14 Å². The molecule has 0 aromatic heterocycles. The van der Waals surface area contributed by atoms with Crippen molar-refractivity contribution in [3.8, 4) is 0 Å². The van der Waals surface area contributed by atoms with Crippen LogP contribution in [0.5, 0.6) is 0 Å². The summed E-state index contributed by atoms with van der Waals surface area (Å²) in [5, 5.41) is 6.49. The molecular formula is C16H28N2S. The monoisotopic (exact) mass is 280 g/mol. The van der Waals surface area contributed by atoms with Crippen molar-refractivity contribution in [1.82, 2.24) is 0 Å². The highest BCUT2D eigenvalue weighted by atomic mass is 32.3. The van der Waals surface area contributed by atoms with Crippen molar-refractivity contribution in [2.24, 2.45) is 5.14 Å². The van der Waals surface area contributed by atoms with E-state index in [0.29, 0.717) is 0 Å². The van der Waals surface area contributed by atoms with Gasteiger partial charge >= 0.3 is 0 Å². The van der Waals surface area contributed by atoms with Gasteiger partial charge in [0.25, 0.3) is 0 Å². The molecule has 1 aliphatic heterocycles. The predicted molar refractivity (Wildman–Crippen MR) is 88.5 cm³/mol. The Bertz CT molecular complexity index is 449. The van der Waals surface area contributed by atoms with Crippen molar-refractivity contribution in [2.75, 3.05) is 30.5 Å². The molecule has 0 bridgehead atoms.